The topological polar surface area (TPSA) is 108 Å². The van der Waals surface area contributed by atoms with Gasteiger partial charge in [0, 0.05) is 12.2 Å². The number of aromatic nitrogens is 1. The molecule has 0 radical (unpaired) electrons. The van der Waals surface area contributed by atoms with Crippen LogP contribution in [0.25, 0.3) is 0 Å². The van der Waals surface area contributed by atoms with Gasteiger partial charge in [-0.2, -0.15) is 13.1 Å². The number of nitrogens with one attached hydrogen (secondary N) is 2. The number of rotatable bonds is 5. The van der Waals surface area contributed by atoms with Crippen molar-refractivity contribution in [2.75, 3.05) is 4.72 Å². The average molecular weight is 257 g/mol. The average Bonchev–Trinajstić information content (AvgIpc) is 3.00. The maximum atomic E-state index is 11.5. The van der Waals surface area contributed by atoms with Crippen LogP contribution in [0.2, 0.25) is 0 Å². The minimum absolute atomic E-state index is 0.00287. The van der Waals surface area contributed by atoms with Gasteiger partial charge in [-0.25, -0.2) is 9.78 Å². The molecule has 0 bridgehead atoms. The predicted molar refractivity (Wildman–Crippen MR) is 59.9 cm³/mol. The second-order valence-corrected chi connectivity index (χ2v) is 5.18. The van der Waals surface area contributed by atoms with Gasteiger partial charge in [-0.15, -0.1) is 0 Å². The fraction of sp³-hybridized carbons (Fsp3) is 0.333. The molecule has 0 atom stereocenters. The summed E-state index contributed by atoms with van der Waals surface area (Å²) in [5.41, 5.74) is 0.00287. The van der Waals surface area contributed by atoms with Crippen molar-refractivity contribution in [3.8, 4) is 0 Å². The number of anilines is 1. The summed E-state index contributed by atoms with van der Waals surface area (Å²) in [7, 11) is -3.61. The number of carboxylic acids is 1. The molecule has 1 fully saturated rings. The smallest absolute Gasteiger partial charge is 0.337 e. The highest BCUT2D eigenvalue weighted by atomic mass is 32.2. The van der Waals surface area contributed by atoms with Crippen LogP contribution in [0.5, 0.6) is 0 Å². The first-order valence-electron chi connectivity index (χ1n) is 4.96. The number of hydrogen-bond acceptors (Lipinski definition) is 4. The van der Waals surface area contributed by atoms with Gasteiger partial charge < -0.3 is 5.11 Å². The lowest BCUT2D eigenvalue weighted by molar-refractivity contribution is 0.0696. The van der Waals surface area contributed by atoms with E-state index >= 15 is 0 Å². The van der Waals surface area contributed by atoms with E-state index < -0.39 is 16.2 Å². The highest BCUT2D eigenvalue weighted by Gasteiger charge is 2.26. The van der Waals surface area contributed by atoms with Gasteiger partial charge in [0.15, 0.2) is 0 Å². The maximum Gasteiger partial charge on any atom is 0.337 e. The molecule has 1 aliphatic carbocycles. The van der Waals surface area contributed by atoms with Crippen LogP contribution < -0.4 is 9.44 Å². The maximum absolute atomic E-state index is 11.5. The summed E-state index contributed by atoms with van der Waals surface area (Å²) >= 11 is 0. The molecule has 1 aromatic heterocycles. The van der Waals surface area contributed by atoms with Crippen LogP contribution in [0.3, 0.4) is 0 Å². The SMILES string of the molecule is O=C(O)c1ccc(NS(=O)(=O)NC2CC2)nc1. The highest BCUT2D eigenvalue weighted by molar-refractivity contribution is 7.90. The van der Waals surface area contributed by atoms with Crippen LogP contribution >= 0.6 is 0 Å². The van der Waals surface area contributed by atoms with E-state index in [-0.39, 0.29) is 17.4 Å². The van der Waals surface area contributed by atoms with Crippen molar-refractivity contribution in [2.24, 2.45) is 0 Å². The standard InChI is InChI=1S/C9H11N3O4S/c13-9(14)6-1-4-8(10-5-6)12-17(15,16)11-7-2-3-7/h1,4-5,7,11H,2-3H2,(H,10,12)(H,13,14). The van der Waals surface area contributed by atoms with Gasteiger partial charge in [0.05, 0.1) is 5.56 Å². The van der Waals surface area contributed by atoms with E-state index in [2.05, 4.69) is 14.4 Å². The lowest BCUT2D eigenvalue weighted by atomic mass is 10.3. The van der Waals surface area contributed by atoms with E-state index in [1.807, 2.05) is 0 Å². The predicted octanol–water partition coefficient (Wildman–Crippen LogP) is 0.188. The molecule has 7 nitrogen and oxygen atoms in total. The minimum Gasteiger partial charge on any atom is -0.478 e. The molecular formula is C9H11N3O4S. The Morgan fingerprint density at radius 1 is 1.41 bits per heavy atom. The van der Waals surface area contributed by atoms with E-state index in [0.717, 1.165) is 19.0 Å². The molecule has 0 unspecified atom stereocenters. The number of aromatic carboxylic acids is 1. The van der Waals surface area contributed by atoms with Crippen molar-refractivity contribution in [1.82, 2.24) is 9.71 Å². The van der Waals surface area contributed by atoms with Crippen molar-refractivity contribution < 1.29 is 18.3 Å². The largest absolute Gasteiger partial charge is 0.478 e. The van der Waals surface area contributed by atoms with Crippen molar-refractivity contribution >= 4 is 22.0 Å². The normalized spacial score (nSPS) is 15.5. The number of hydrogen-bond donors (Lipinski definition) is 3. The third kappa shape index (κ3) is 3.40. The van der Waals surface area contributed by atoms with Crippen molar-refractivity contribution in [1.29, 1.82) is 0 Å². The second-order valence-electron chi connectivity index (χ2n) is 3.73. The third-order valence-corrected chi connectivity index (χ3v) is 3.27. The first-order valence-corrected chi connectivity index (χ1v) is 6.44. The number of pyridine rings is 1. The lowest BCUT2D eigenvalue weighted by Crippen LogP contribution is -2.32. The van der Waals surface area contributed by atoms with Crippen molar-refractivity contribution in [2.45, 2.75) is 18.9 Å². The molecular weight excluding hydrogens is 246 g/mol. The van der Waals surface area contributed by atoms with E-state index in [4.69, 9.17) is 5.11 Å². The molecule has 0 amide bonds. The molecule has 0 aromatic carbocycles. The quantitative estimate of drug-likeness (QED) is 0.697. The molecule has 92 valence electrons. The van der Waals surface area contributed by atoms with Crippen molar-refractivity contribution in [3.63, 3.8) is 0 Å². The van der Waals surface area contributed by atoms with Gasteiger partial charge in [-0.3, -0.25) is 4.72 Å². The molecule has 8 heteroatoms. The Bertz CT molecular complexity index is 522. The zero-order valence-corrected chi connectivity index (χ0v) is 9.57. The van der Waals surface area contributed by atoms with E-state index in [0.29, 0.717) is 0 Å². The third-order valence-electron chi connectivity index (χ3n) is 2.15. The van der Waals surface area contributed by atoms with Crippen LogP contribution in [0.1, 0.15) is 23.2 Å². The van der Waals surface area contributed by atoms with Gasteiger partial charge in [0.2, 0.25) is 0 Å². The van der Waals surface area contributed by atoms with E-state index in [1.54, 1.807) is 0 Å². The van der Waals surface area contributed by atoms with E-state index in [9.17, 15) is 13.2 Å². The number of nitrogens with zero attached hydrogens (tertiary/aromatic N) is 1. The Labute approximate surface area is 98.1 Å². The van der Waals surface area contributed by atoms with Gasteiger partial charge >= 0.3 is 16.2 Å². The molecule has 0 spiro atoms. The number of carbonyl (C=O) groups is 1. The van der Waals surface area contributed by atoms with E-state index in [1.165, 1.54) is 12.1 Å². The van der Waals surface area contributed by atoms with Crippen LogP contribution in [-0.4, -0.2) is 30.5 Å². The van der Waals surface area contributed by atoms with Crippen molar-refractivity contribution in [3.05, 3.63) is 23.9 Å². The van der Waals surface area contributed by atoms with Crippen LogP contribution in [0.4, 0.5) is 5.82 Å². The molecule has 0 aliphatic heterocycles. The summed E-state index contributed by atoms with van der Waals surface area (Å²) < 4.78 is 27.6. The second kappa shape index (κ2) is 4.30. The molecule has 1 aromatic rings. The van der Waals surface area contributed by atoms with Gasteiger partial charge in [-0.05, 0) is 25.0 Å². The summed E-state index contributed by atoms with van der Waals surface area (Å²) in [5.74, 6) is -1.02. The molecule has 1 saturated carbocycles. The Hall–Kier alpha value is -1.67. The zero-order valence-electron chi connectivity index (χ0n) is 8.75. The van der Waals surface area contributed by atoms with Gasteiger partial charge in [-0.1, -0.05) is 0 Å². The Kier molecular flexibility index (Phi) is 2.99. The van der Waals surface area contributed by atoms with Gasteiger partial charge in [0.25, 0.3) is 0 Å². The Morgan fingerprint density at radius 2 is 2.12 bits per heavy atom. The van der Waals surface area contributed by atoms with Crippen LogP contribution in [-0.2, 0) is 10.2 Å². The minimum atomic E-state index is -3.61. The fourth-order valence-electron chi connectivity index (χ4n) is 1.17. The summed E-state index contributed by atoms with van der Waals surface area (Å²) in [5, 5.41) is 8.64. The first-order chi connectivity index (χ1) is 7.96. The number of carboxylic acid groups (broad SMARTS) is 1. The van der Waals surface area contributed by atoms with Crippen LogP contribution in [0, 0.1) is 0 Å². The highest BCUT2D eigenvalue weighted by Crippen LogP contribution is 2.20. The summed E-state index contributed by atoms with van der Waals surface area (Å²) in [6.07, 6.45) is 2.77. The first kappa shape index (κ1) is 11.8. The van der Waals surface area contributed by atoms with Gasteiger partial charge in [0.1, 0.15) is 5.82 Å². The molecule has 2 rings (SSSR count). The summed E-state index contributed by atoms with van der Waals surface area (Å²) in [6, 6.07) is 2.59. The molecule has 17 heavy (non-hydrogen) atoms. The molecule has 1 heterocycles. The Balaban J connectivity index is 2.05. The molecule has 1 aliphatic rings. The molecule has 0 saturated heterocycles. The fourth-order valence-corrected chi connectivity index (χ4v) is 2.30. The summed E-state index contributed by atoms with van der Waals surface area (Å²) in [4.78, 5) is 14.3. The lowest BCUT2D eigenvalue weighted by Gasteiger charge is -2.07. The Morgan fingerprint density at radius 3 is 2.59 bits per heavy atom. The van der Waals surface area contributed by atoms with Crippen LogP contribution in [0.15, 0.2) is 18.3 Å². The monoisotopic (exact) mass is 257 g/mol. The molecule has 3 N–H and O–H groups in total. The zero-order chi connectivity index (χ0) is 12.5. The summed E-state index contributed by atoms with van der Waals surface area (Å²) in [6.45, 7) is 0.